The molecule has 0 bridgehead atoms. The van der Waals surface area contributed by atoms with Gasteiger partial charge >= 0.3 is 0 Å². The molecule has 0 saturated heterocycles. The first-order valence-corrected chi connectivity index (χ1v) is 7.04. The summed E-state index contributed by atoms with van der Waals surface area (Å²) in [6.45, 7) is 2.29. The zero-order chi connectivity index (χ0) is 13.0. The summed E-state index contributed by atoms with van der Waals surface area (Å²) < 4.78 is 1.75. The van der Waals surface area contributed by atoms with Crippen LogP contribution in [0.5, 0.6) is 0 Å². The predicted octanol–water partition coefficient (Wildman–Crippen LogP) is 1.41. The van der Waals surface area contributed by atoms with Gasteiger partial charge < -0.3 is 0 Å². The number of aromatic nitrogens is 3. The highest BCUT2D eigenvalue weighted by molar-refractivity contribution is 4.97. The Balaban J connectivity index is 1.89. The third-order valence-corrected chi connectivity index (χ3v) is 4.33. The maximum Gasteiger partial charge on any atom is 0.0843 e. The third-order valence-electron chi connectivity index (χ3n) is 4.33. The molecule has 18 heavy (non-hydrogen) atoms. The molecule has 0 amide bonds. The lowest BCUT2D eigenvalue weighted by molar-refractivity contribution is 0.216. The van der Waals surface area contributed by atoms with E-state index < -0.39 is 0 Å². The third kappa shape index (κ3) is 3.29. The molecule has 1 aromatic rings. The van der Waals surface area contributed by atoms with Gasteiger partial charge in [-0.05, 0) is 24.7 Å². The monoisotopic (exact) mass is 251 g/mol. The van der Waals surface area contributed by atoms with Gasteiger partial charge in [0.1, 0.15) is 0 Å². The fourth-order valence-corrected chi connectivity index (χ4v) is 3.07. The lowest BCUT2D eigenvalue weighted by Gasteiger charge is -2.33. The molecule has 2 rings (SSSR count). The van der Waals surface area contributed by atoms with E-state index in [-0.39, 0.29) is 0 Å². The Labute approximate surface area is 109 Å². The first kappa shape index (κ1) is 13.5. The van der Waals surface area contributed by atoms with Gasteiger partial charge in [0.15, 0.2) is 0 Å². The van der Waals surface area contributed by atoms with Crippen LogP contribution in [-0.2, 0) is 13.5 Å². The first-order valence-electron chi connectivity index (χ1n) is 7.04. The van der Waals surface area contributed by atoms with E-state index >= 15 is 0 Å². The smallest absolute Gasteiger partial charge is 0.0843 e. The second-order valence-electron chi connectivity index (χ2n) is 5.55. The highest BCUT2D eigenvalue weighted by Crippen LogP contribution is 2.32. The van der Waals surface area contributed by atoms with Crippen molar-refractivity contribution >= 4 is 0 Å². The number of hydrazine groups is 1. The molecule has 1 heterocycles. The van der Waals surface area contributed by atoms with Crippen LogP contribution in [0.4, 0.5) is 0 Å². The molecule has 1 aromatic heterocycles. The van der Waals surface area contributed by atoms with Gasteiger partial charge in [-0.3, -0.25) is 16.0 Å². The van der Waals surface area contributed by atoms with Crippen molar-refractivity contribution < 1.29 is 0 Å². The Hall–Kier alpha value is -0.940. The Kier molecular flexibility index (Phi) is 4.72. The number of hydrogen-bond acceptors (Lipinski definition) is 4. The zero-order valence-corrected chi connectivity index (χ0v) is 11.5. The molecular formula is C13H25N5. The van der Waals surface area contributed by atoms with E-state index in [1.165, 1.54) is 32.1 Å². The molecule has 0 aliphatic heterocycles. The van der Waals surface area contributed by atoms with Crippen molar-refractivity contribution in [3.8, 4) is 0 Å². The number of aryl methyl sites for hydroxylation is 1. The number of nitrogens with one attached hydrogen (secondary N) is 1. The maximum absolute atomic E-state index is 5.72. The van der Waals surface area contributed by atoms with Gasteiger partial charge in [0.05, 0.1) is 5.69 Å². The molecule has 3 N–H and O–H groups in total. The minimum atomic E-state index is 0.333. The Morgan fingerprint density at radius 1 is 1.44 bits per heavy atom. The number of rotatable bonds is 5. The van der Waals surface area contributed by atoms with Crippen LogP contribution < -0.4 is 11.3 Å². The molecule has 5 nitrogen and oxygen atoms in total. The van der Waals surface area contributed by atoms with Crippen LogP contribution in [0, 0.1) is 11.8 Å². The lowest BCUT2D eigenvalue weighted by Crippen LogP contribution is -2.43. The van der Waals surface area contributed by atoms with Crippen molar-refractivity contribution in [2.75, 3.05) is 0 Å². The molecule has 1 unspecified atom stereocenters. The van der Waals surface area contributed by atoms with Gasteiger partial charge in [-0.2, -0.15) is 0 Å². The largest absolute Gasteiger partial charge is 0.271 e. The highest BCUT2D eigenvalue weighted by atomic mass is 15.4. The SMILES string of the molecule is CCC1CCC(C(Cc2cn(C)nn2)NN)CC1. The topological polar surface area (TPSA) is 68.8 Å². The lowest BCUT2D eigenvalue weighted by atomic mass is 9.77. The van der Waals surface area contributed by atoms with E-state index in [1.807, 2.05) is 13.2 Å². The summed E-state index contributed by atoms with van der Waals surface area (Å²) >= 11 is 0. The zero-order valence-electron chi connectivity index (χ0n) is 11.5. The van der Waals surface area contributed by atoms with E-state index in [0.29, 0.717) is 12.0 Å². The van der Waals surface area contributed by atoms with E-state index in [0.717, 1.165) is 18.0 Å². The van der Waals surface area contributed by atoms with E-state index in [4.69, 9.17) is 5.84 Å². The Morgan fingerprint density at radius 2 is 2.17 bits per heavy atom. The molecule has 1 aliphatic carbocycles. The van der Waals surface area contributed by atoms with E-state index in [2.05, 4.69) is 22.7 Å². The highest BCUT2D eigenvalue weighted by Gasteiger charge is 2.27. The summed E-state index contributed by atoms with van der Waals surface area (Å²) in [5.41, 5.74) is 4.01. The van der Waals surface area contributed by atoms with Crippen LogP contribution in [-0.4, -0.2) is 21.0 Å². The summed E-state index contributed by atoms with van der Waals surface area (Å²) in [7, 11) is 1.90. The number of nitrogens with two attached hydrogens (primary N) is 1. The van der Waals surface area contributed by atoms with Crippen LogP contribution in [0.15, 0.2) is 6.20 Å². The Morgan fingerprint density at radius 3 is 2.67 bits per heavy atom. The molecule has 0 spiro atoms. The molecule has 0 radical (unpaired) electrons. The fourth-order valence-electron chi connectivity index (χ4n) is 3.07. The summed E-state index contributed by atoms with van der Waals surface area (Å²) in [4.78, 5) is 0. The summed E-state index contributed by atoms with van der Waals surface area (Å²) in [6.07, 6.45) is 9.44. The summed E-state index contributed by atoms with van der Waals surface area (Å²) in [5.74, 6) is 7.33. The Bertz CT molecular complexity index is 354. The van der Waals surface area contributed by atoms with Crippen LogP contribution >= 0.6 is 0 Å². The minimum absolute atomic E-state index is 0.333. The van der Waals surface area contributed by atoms with Crippen molar-refractivity contribution in [3.63, 3.8) is 0 Å². The molecular weight excluding hydrogens is 226 g/mol. The van der Waals surface area contributed by atoms with Crippen molar-refractivity contribution in [2.45, 2.75) is 51.5 Å². The van der Waals surface area contributed by atoms with Crippen molar-refractivity contribution in [1.82, 2.24) is 20.4 Å². The molecule has 1 fully saturated rings. The second kappa shape index (κ2) is 6.29. The number of nitrogens with zero attached hydrogens (tertiary/aromatic N) is 3. The normalized spacial score (nSPS) is 26.2. The quantitative estimate of drug-likeness (QED) is 0.613. The summed E-state index contributed by atoms with van der Waals surface area (Å²) in [6, 6.07) is 0.333. The standard InChI is InChI=1S/C13H25N5/c1-3-10-4-6-11(7-5-10)13(15-14)8-12-9-18(2)17-16-12/h9-11,13,15H,3-8,14H2,1-2H3. The molecule has 0 aromatic carbocycles. The molecule has 5 heteroatoms. The van der Waals surface area contributed by atoms with Crippen LogP contribution in [0.2, 0.25) is 0 Å². The van der Waals surface area contributed by atoms with Crippen molar-refractivity contribution in [2.24, 2.45) is 24.7 Å². The number of hydrogen-bond donors (Lipinski definition) is 2. The first-order chi connectivity index (χ1) is 8.72. The van der Waals surface area contributed by atoms with Crippen molar-refractivity contribution in [1.29, 1.82) is 0 Å². The predicted molar refractivity (Wildman–Crippen MR) is 71.6 cm³/mol. The summed E-state index contributed by atoms with van der Waals surface area (Å²) in [5, 5.41) is 8.12. The van der Waals surface area contributed by atoms with Crippen LogP contribution in [0.25, 0.3) is 0 Å². The second-order valence-corrected chi connectivity index (χ2v) is 5.55. The molecule has 1 aliphatic rings. The van der Waals surface area contributed by atoms with Gasteiger partial charge in [0.2, 0.25) is 0 Å². The van der Waals surface area contributed by atoms with Gasteiger partial charge in [0.25, 0.3) is 0 Å². The van der Waals surface area contributed by atoms with Gasteiger partial charge in [-0.25, -0.2) is 0 Å². The maximum atomic E-state index is 5.72. The average molecular weight is 251 g/mol. The van der Waals surface area contributed by atoms with Gasteiger partial charge in [-0.1, -0.05) is 31.4 Å². The van der Waals surface area contributed by atoms with Gasteiger partial charge in [-0.15, -0.1) is 5.10 Å². The molecule has 1 atom stereocenters. The van der Waals surface area contributed by atoms with E-state index in [1.54, 1.807) is 4.68 Å². The van der Waals surface area contributed by atoms with Gasteiger partial charge in [0, 0.05) is 25.7 Å². The molecule has 102 valence electrons. The fraction of sp³-hybridized carbons (Fsp3) is 0.846. The van der Waals surface area contributed by atoms with E-state index in [9.17, 15) is 0 Å². The van der Waals surface area contributed by atoms with Crippen LogP contribution in [0.1, 0.15) is 44.7 Å². The van der Waals surface area contributed by atoms with Crippen molar-refractivity contribution in [3.05, 3.63) is 11.9 Å². The molecule has 1 saturated carbocycles. The average Bonchev–Trinajstić information content (AvgIpc) is 2.82. The van der Waals surface area contributed by atoms with Crippen LogP contribution in [0.3, 0.4) is 0 Å². The minimum Gasteiger partial charge on any atom is -0.271 e.